The number of para-hydroxylation sites is 1. The van der Waals surface area contributed by atoms with E-state index in [1.54, 1.807) is 24.3 Å². The fourth-order valence-electron chi connectivity index (χ4n) is 2.49. The number of nitrogens with one attached hydrogen (secondary N) is 2. The molecule has 3 rings (SSSR count). The highest BCUT2D eigenvalue weighted by Gasteiger charge is 2.05. The zero-order valence-corrected chi connectivity index (χ0v) is 16.3. The van der Waals surface area contributed by atoms with Crippen LogP contribution in [0, 0.1) is 5.82 Å². The van der Waals surface area contributed by atoms with Gasteiger partial charge in [0.25, 0.3) is 0 Å². The summed E-state index contributed by atoms with van der Waals surface area (Å²) in [5.41, 5.74) is 1.16. The first-order valence-electron chi connectivity index (χ1n) is 8.99. The van der Waals surface area contributed by atoms with E-state index < -0.39 is 5.82 Å². The average Bonchev–Trinajstić information content (AvgIpc) is 2.73. The van der Waals surface area contributed by atoms with Gasteiger partial charge >= 0.3 is 0 Å². The van der Waals surface area contributed by atoms with Crippen LogP contribution in [0.3, 0.4) is 0 Å². The first kappa shape index (κ1) is 20.5. The number of rotatable bonds is 9. The van der Waals surface area contributed by atoms with Crippen molar-refractivity contribution in [2.75, 3.05) is 30.4 Å². The third kappa shape index (κ3) is 6.69. The SMILES string of the molecule is O=C(CNc1ccc(F)c(Cl)c1)Nc1cccc(OCCOc2ccccc2)c1. The van der Waals surface area contributed by atoms with Crippen molar-refractivity contribution < 1.29 is 18.7 Å². The first-order valence-corrected chi connectivity index (χ1v) is 9.37. The Balaban J connectivity index is 1.43. The average molecular weight is 415 g/mol. The smallest absolute Gasteiger partial charge is 0.243 e. The van der Waals surface area contributed by atoms with Gasteiger partial charge in [-0.3, -0.25) is 4.79 Å². The Morgan fingerprint density at radius 2 is 1.59 bits per heavy atom. The summed E-state index contributed by atoms with van der Waals surface area (Å²) in [7, 11) is 0. The van der Waals surface area contributed by atoms with Crippen LogP contribution in [0.25, 0.3) is 0 Å². The number of hydrogen-bond donors (Lipinski definition) is 2. The number of benzene rings is 3. The van der Waals surface area contributed by atoms with Crippen molar-refractivity contribution >= 4 is 28.9 Å². The Bertz CT molecular complexity index is 954. The van der Waals surface area contributed by atoms with Crippen molar-refractivity contribution in [2.45, 2.75) is 0 Å². The van der Waals surface area contributed by atoms with Gasteiger partial charge in [-0.1, -0.05) is 35.9 Å². The Kier molecular flexibility index (Phi) is 7.30. The van der Waals surface area contributed by atoms with Gasteiger partial charge in [-0.15, -0.1) is 0 Å². The van der Waals surface area contributed by atoms with Crippen LogP contribution in [0.4, 0.5) is 15.8 Å². The van der Waals surface area contributed by atoms with Gasteiger partial charge in [0.05, 0.1) is 11.6 Å². The molecule has 0 bridgehead atoms. The molecule has 3 aromatic carbocycles. The molecule has 7 heteroatoms. The van der Waals surface area contributed by atoms with E-state index >= 15 is 0 Å². The molecule has 1 amide bonds. The molecule has 0 unspecified atom stereocenters. The minimum absolute atomic E-state index is 0.00324. The van der Waals surface area contributed by atoms with Crippen molar-refractivity contribution in [1.82, 2.24) is 0 Å². The Hall–Kier alpha value is -3.25. The summed E-state index contributed by atoms with van der Waals surface area (Å²) in [6.07, 6.45) is 0. The lowest BCUT2D eigenvalue weighted by Gasteiger charge is -2.11. The van der Waals surface area contributed by atoms with Crippen molar-refractivity contribution in [3.05, 3.63) is 83.6 Å². The predicted octanol–water partition coefficient (Wildman–Crippen LogP) is 4.99. The van der Waals surface area contributed by atoms with Crippen molar-refractivity contribution in [3.8, 4) is 11.5 Å². The summed E-state index contributed by atoms with van der Waals surface area (Å²) in [5, 5.41) is 5.67. The Labute approximate surface area is 173 Å². The lowest BCUT2D eigenvalue weighted by atomic mass is 10.3. The number of hydrogen-bond acceptors (Lipinski definition) is 4. The zero-order valence-electron chi connectivity index (χ0n) is 15.5. The van der Waals surface area contributed by atoms with Crippen molar-refractivity contribution in [1.29, 1.82) is 0 Å². The minimum Gasteiger partial charge on any atom is -0.490 e. The molecule has 0 aliphatic heterocycles. The van der Waals surface area contributed by atoms with Gasteiger partial charge < -0.3 is 20.1 Å². The van der Waals surface area contributed by atoms with Crippen molar-refractivity contribution in [2.24, 2.45) is 0 Å². The van der Waals surface area contributed by atoms with E-state index in [9.17, 15) is 9.18 Å². The molecule has 0 fully saturated rings. The van der Waals surface area contributed by atoms with E-state index in [2.05, 4.69) is 10.6 Å². The number of carbonyl (C=O) groups is 1. The molecule has 0 aromatic heterocycles. The second kappa shape index (κ2) is 10.3. The van der Waals surface area contributed by atoms with Crippen LogP contribution in [-0.4, -0.2) is 25.7 Å². The minimum atomic E-state index is -0.507. The molecular formula is C22H20ClFN2O3. The second-order valence-electron chi connectivity index (χ2n) is 6.07. The van der Waals surface area contributed by atoms with Crippen LogP contribution in [0.2, 0.25) is 5.02 Å². The van der Waals surface area contributed by atoms with Gasteiger partial charge in [0, 0.05) is 17.4 Å². The van der Waals surface area contributed by atoms with Gasteiger partial charge in [0.1, 0.15) is 30.5 Å². The molecule has 5 nitrogen and oxygen atoms in total. The molecule has 3 aromatic rings. The summed E-state index contributed by atoms with van der Waals surface area (Å²) in [6, 6.07) is 20.8. The standard InChI is InChI=1S/C22H20ClFN2O3/c23-20-14-16(9-10-21(20)24)25-15-22(27)26-17-5-4-8-19(13-17)29-12-11-28-18-6-2-1-3-7-18/h1-10,13-14,25H,11-12,15H2,(H,26,27). The van der Waals surface area contributed by atoms with E-state index in [1.165, 1.54) is 18.2 Å². The number of anilines is 2. The molecule has 0 aliphatic carbocycles. The van der Waals surface area contributed by atoms with Crippen molar-refractivity contribution in [3.63, 3.8) is 0 Å². The van der Waals surface area contributed by atoms with E-state index in [4.69, 9.17) is 21.1 Å². The van der Waals surface area contributed by atoms with Crippen LogP contribution < -0.4 is 20.1 Å². The summed E-state index contributed by atoms with van der Waals surface area (Å²) < 4.78 is 24.4. The van der Waals surface area contributed by atoms with E-state index in [0.29, 0.717) is 30.3 Å². The van der Waals surface area contributed by atoms with Crippen LogP contribution in [0.15, 0.2) is 72.8 Å². The Morgan fingerprint density at radius 3 is 2.34 bits per heavy atom. The third-order valence-corrected chi connectivity index (χ3v) is 4.14. The lowest BCUT2D eigenvalue weighted by molar-refractivity contribution is -0.114. The number of ether oxygens (including phenoxy) is 2. The zero-order chi connectivity index (χ0) is 20.5. The van der Waals surface area contributed by atoms with E-state index in [1.807, 2.05) is 30.3 Å². The number of carbonyl (C=O) groups excluding carboxylic acids is 1. The normalized spacial score (nSPS) is 10.3. The Morgan fingerprint density at radius 1 is 0.862 bits per heavy atom. The largest absolute Gasteiger partial charge is 0.490 e. The maximum absolute atomic E-state index is 13.2. The van der Waals surface area contributed by atoms with Gasteiger partial charge in [-0.05, 0) is 42.5 Å². The molecule has 2 N–H and O–H groups in total. The van der Waals surface area contributed by atoms with Gasteiger partial charge in [0.15, 0.2) is 0 Å². The van der Waals surface area contributed by atoms with Crippen LogP contribution in [0.5, 0.6) is 11.5 Å². The van der Waals surface area contributed by atoms with Crippen LogP contribution in [-0.2, 0) is 4.79 Å². The fourth-order valence-corrected chi connectivity index (χ4v) is 2.67. The molecule has 0 radical (unpaired) electrons. The molecule has 0 heterocycles. The molecule has 0 aliphatic rings. The van der Waals surface area contributed by atoms with E-state index in [0.717, 1.165) is 5.75 Å². The number of halogens is 2. The van der Waals surface area contributed by atoms with Crippen LogP contribution in [0.1, 0.15) is 0 Å². The second-order valence-corrected chi connectivity index (χ2v) is 6.48. The highest BCUT2D eigenvalue weighted by molar-refractivity contribution is 6.31. The van der Waals surface area contributed by atoms with Gasteiger partial charge in [0.2, 0.25) is 5.91 Å². The molecule has 0 saturated heterocycles. The monoisotopic (exact) mass is 414 g/mol. The summed E-state index contributed by atoms with van der Waals surface area (Å²) in [4.78, 5) is 12.1. The first-order chi connectivity index (χ1) is 14.1. The lowest BCUT2D eigenvalue weighted by Crippen LogP contribution is -2.21. The maximum Gasteiger partial charge on any atom is 0.243 e. The van der Waals surface area contributed by atoms with E-state index in [-0.39, 0.29) is 17.5 Å². The summed E-state index contributed by atoms with van der Waals surface area (Å²) in [5.74, 6) is 0.646. The molecule has 150 valence electrons. The van der Waals surface area contributed by atoms with Crippen LogP contribution >= 0.6 is 11.6 Å². The third-order valence-electron chi connectivity index (χ3n) is 3.85. The summed E-state index contributed by atoms with van der Waals surface area (Å²) >= 11 is 5.72. The predicted molar refractivity (Wildman–Crippen MR) is 112 cm³/mol. The molecule has 0 atom stereocenters. The summed E-state index contributed by atoms with van der Waals surface area (Å²) in [6.45, 7) is 0.794. The molecule has 0 spiro atoms. The van der Waals surface area contributed by atoms with Gasteiger partial charge in [-0.2, -0.15) is 0 Å². The topological polar surface area (TPSA) is 59.6 Å². The quantitative estimate of drug-likeness (QED) is 0.484. The molecule has 0 saturated carbocycles. The highest BCUT2D eigenvalue weighted by Crippen LogP contribution is 2.20. The fraction of sp³-hybridized carbons (Fsp3) is 0.136. The molecule has 29 heavy (non-hydrogen) atoms. The molecular weight excluding hydrogens is 395 g/mol. The maximum atomic E-state index is 13.2. The number of amides is 1. The van der Waals surface area contributed by atoms with Gasteiger partial charge in [-0.25, -0.2) is 4.39 Å². The highest BCUT2D eigenvalue weighted by atomic mass is 35.5.